The van der Waals surface area contributed by atoms with Crippen LogP contribution in [0.3, 0.4) is 0 Å². The van der Waals surface area contributed by atoms with E-state index in [0.717, 1.165) is 31.4 Å². The van der Waals surface area contributed by atoms with Crippen molar-refractivity contribution in [3.05, 3.63) is 35.9 Å². The fourth-order valence-corrected chi connectivity index (χ4v) is 3.57. The molecule has 3 rings (SSSR count). The summed E-state index contributed by atoms with van der Waals surface area (Å²) in [5, 5.41) is 10.2. The number of piperidine rings is 1. The SMILES string of the molecule is O=C1[C@H](O)[C@@H]2CCCC[C@@H]2CN1Cc1ccccc1. The molecule has 0 aromatic heterocycles. The van der Waals surface area contributed by atoms with Crippen LogP contribution in [0.2, 0.25) is 0 Å². The van der Waals surface area contributed by atoms with E-state index in [9.17, 15) is 9.90 Å². The van der Waals surface area contributed by atoms with Crippen LogP contribution in [0.25, 0.3) is 0 Å². The summed E-state index contributed by atoms with van der Waals surface area (Å²) in [7, 11) is 0. The van der Waals surface area contributed by atoms with E-state index in [1.165, 1.54) is 6.42 Å². The molecule has 3 atom stereocenters. The van der Waals surface area contributed by atoms with Gasteiger partial charge in [0.25, 0.3) is 5.91 Å². The fraction of sp³-hybridized carbons (Fsp3) is 0.562. The molecule has 1 amide bonds. The predicted octanol–water partition coefficient (Wildman–Crippen LogP) is 2.20. The Kier molecular flexibility index (Phi) is 3.56. The van der Waals surface area contributed by atoms with Gasteiger partial charge in [0.1, 0.15) is 6.10 Å². The third kappa shape index (κ3) is 2.52. The first-order valence-corrected chi connectivity index (χ1v) is 7.26. The second-order valence-corrected chi connectivity index (χ2v) is 5.86. The number of benzene rings is 1. The van der Waals surface area contributed by atoms with Gasteiger partial charge in [-0.2, -0.15) is 0 Å². The molecule has 1 aromatic carbocycles. The number of rotatable bonds is 2. The molecule has 0 bridgehead atoms. The quantitative estimate of drug-likeness (QED) is 0.884. The van der Waals surface area contributed by atoms with Gasteiger partial charge < -0.3 is 10.0 Å². The summed E-state index contributed by atoms with van der Waals surface area (Å²) in [6.45, 7) is 1.44. The minimum absolute atomic E-state index is 0.0768. The summed E-state index contributed by atoms with van der Waals surface area (Å²) in [4.78, 5) is 14.1. The third-order valence-corrected chi connectivity index (χ3v) is 4.61. The number of hydrogen-bond acceptors (Lipinski definition) is 2. The molecular weight excluding hydrogens is 238 g/mol. The highest BCUT2D eigenvalue weighted by atomic mass is 16.3. The number of aliphatic hydroxyl groups is 1. The van der Waals surface area contributed by atoms with Crippen molar-refractivity contribution in [2.75, 3.05) is 6.54 Å². The van der Waals surface area contributed by atoms with Gasteiger partial charge in [-0.25, -0.2) is 0 Å². The molecule has 102 valence electrons. The second kappa shape index (κ2) is 5.33. The average molecular weight is 259 g/mol. The number of carbonyl (C=O) groups excluding carboxylic acids is 1. The zero-order valence-corrected chi connectivity index (χ0v) is 11.2. The molecule has 0 radical (unpaired) electrons. The first kappa shape index (κ1) is 12.7. The summed E-state index contributed by atoms with van der Waals surface area (Å²) in [6, 6.07) is 10.0. The van der Waals surface area contributed by atoms with E-state index in [0.29, 0.717) is 12.5 Å². The molecule has 1 N–H and O–H groups in total. The molecular formula is C16H21NO2. The molecule has 1 aliphatic heterocycles. The molecule has 1 saturated heterocycles. The van der Waals surface area contributed by atoms with Crippen molar-refractivity contribution in [2.24, 2.45) is 11.8 Å². The van der Waals surface area contributed by atoms with Gasteiger partial charge in [0, 0.05) is 13.1 Å². The van der Waals surface area contributed by atoms with Crippen LogP contribution in [0, 0.1) is 11.8 Å². The largest absolute Gasteiger partial charge is 0.383 e. The predicted molar refractivity (Wildman–Crippen MR) is 73.3 cm³/mol. The number of carbonyl (C=O) groups is 1. The van der Waals surface area contributed by atoms with E-state index in [-0.39, 0.29) is 11.8 Å². The van der Waals surface area contributed by atoms with E-state index in [4.69, 9.17) is 0 Å². The summed E-state index contributed by atoms with van der Waals surface area (Å²) in [5.41, 5.74) is 1.14. The van der Waals surface area contributed by atoms with Gasteiger partial charge in [-0.1, -0.05) is 43.2 Å². The van der Waals surface area contributed by atoms with Crippen LogP contribution in [0.4, 0.5) is 0 Å². The van der Waals surface area contributed by atoms with Gasteiger partial charge in [0.05, 0.1) is 0 Å². The van der Waals surface area contributed by atoms with Gasteiger partial charge >= 0.3 is 0 Å². The fourth-order valence-electron chi connectivity index (χ4n) is 3.57. The van der Waals surface area contributed by atoms with E-state index in [1.54, 1.807) is 0 Å². The molecule has 1 saturated carbocycles. The first-order chi connectivity index (χ1) is 9.25. The van der Waals surface area contributed by atoms with Crippen LogP contribution in [-0.2, 0) is 11.3 Å². The van der Waals surface area contributed by atoms with Crippen molar-refractivity contribution in [2.45, 2.75) is 38.3 Å². The Bertz CT molecular complexity index is 445. The monoisotopic (exact) mass is 259 g/mol. The number of amides is 1. The van der Waals surface area contributed by atoms with Gasteiger partial charge in [0.15, 0.2) is 0 Å². The standard InChI is InChI=1S/C16H21NO2/c18-15-14-9-5-4-8-13(14)11-17(16(15)19)10-12-6-2-1-3-7-12/h1-3,6-7,13-15,18H,4-5,8-11H2/t13-,14-,15-/m1/s1. The summed E-state index contributed by atoms with van der Waals surface area (Å²) >= 11 is 0. The number of hydrogen-bond donors (Lipinski definition) is 1. The minimum Gasteiger partial charge on any atom is -0.383 e. The molecule has 3 heteroatoms. The van der Waals surface area contributed by atoms with E-state index in [1.807, 2.05) is 35.2 Å². The van der Waals surface area contributed by atoms with Crippen LogP contribution >= 0.6 is 0 Å². The number of nitrogens with zero attached hydrogens (tertiary/aromatic N) is 1. The molecule has 0 spiro atoms. The molecule has 0 unspecified atom stereocenters. The second-order valence-electron chi connectivity index (χ2n) is 5.86. The zero-order valence-electron chi connectivity index (χ0n) is 11.2. The Morgan fingerprint density at radius 2 is 1.89 bits per heavy atom. The maximum atomic E-state index is 12.3. The highest BCUT2D eigenvalue weighted by Gasteiger charge is 2.42. The molecule has 1 aliphatic carbocycles. The van der Waals surface area contributed by atoms with Crippen LogP contribution in [0.15, 0.2) is 30.3 Å². The summed E-state index contributed by atoms with van der Waals surface area (Å²) in [6.07, 6.45) is 3.78. The first-order valence-electron chi connectivity index (χ1n) is 7.26. The maximum absolute atomic E-state index is 12.3. The van der Waals surface area contributed by atoms with Gasteiger partial charge in [-0.05, 0) is 30.2 Å². The topological polar surface area (TPSA) is 40.5 Å². The number of likely N-dealkylation sites (tertiary alicyclic amines) is 1. The van der Waals surface area contributed by atoms with Gasteiger partial charge in [-0.15, -0.1) is 0 Å². The molecule has 19 heavy (non-hydrogen) atoms. The van der Waals surface area contributed by atoms with Crippen LogP contribution in [0.1, 0.15) is 31.2 Å². The zero-order chi connectivity index (χ0) is 13.2. The normalized spacial score (nSPS) is 31.1. The maximum Gasteiger partial charge on any atom is 0.252 e. The third-order valence-electron chi connectivity index (χ3n) is 4.61. The van der Waals surface area contributed by atoms with Gasteiger partial charge in [0.2, 0.25) is 0 Å². The van der Waals surface area contributed by atoms with Crippen LogP contribution in [-0.4, -0.2) is 28.6 Å². The Morgan fingerprint density at radius 3 is 2.68 bits per heavy atom. The van der Waals surface area contributed by atoms with E-state index >= 15 is 0 Å². The summed E-state index contributed by atoms with van der Waals surface area (Å²) < 4.78 is 0. The van der Waals surface area contributed by atoms with Crippen LogP contribution < -0.4 is 0 Å². The molecule has 2 aliphatic rings. The molecule has 1 aromatic rings. The lowest BCUT2D eigenvalue weighted by Gasteiger charge is -2.43. The average Bonchev–Trinajstić information content (AvgIpc) is 2.46. The summed E-state index contributed by atoms with van der Waals surface area (Å²) in [5.74, 6) is 0.616. The minimum atomic E-state index is -0.775. The van der Waals surface area contributed by atoms with Crippen molar-refractivity contribution >= 4 is 5.91 Å². The van der Waals surface area contributed by atoms with E-state index < -0.39 is 6.10 Å². The highest BCUT2D eigenvalue weighted by Crippen LogP contribution is 2.37. The van der Waals surface area contributed by atoms with E-state index in [2.05, 4.69) is 0 Å². The Labute approximate surface area is 114 Å². The lowest BCUT2D eigenvalue weighted by atomic mass is 9.73. The smallest absolute Gasteiger partial charge is 0.252 e. The number of fused-ring (bicyclic) bond motifs is 1. The molecule has 3 nitrogen and oxygen atoms in total. The molecule has 1 heterocycles. The van der Waals surface area contributed by atoms with Crippen molar-refractivity contribution in [1.82, 2.24) is 4.90 Å². The van der Waals surface area contributed by atoms with Crippen molar-refractivity contribution in [3.63, 3.8) is 0 Å². The Balaban J connectivity index is 1.73. The van der Waals surface area contributed by atoms with Crippen molar-refractivity contribution in [1.29, 1.82) is 0 Å². The van der Waals surface area contributed by atoms with Crippen molar-refractivity contribution in [3.8, 4) is 0 Å². The van der Waals surface area contributed by atoms with Crippen molar-refractivity contribution < 1.29 is 9.90 Å². The Morgan fingerprint density at radius 1 is 1.16 bits per heavy atom. The van der Waals surface area contributed by atoms with Gasteiger partial charge in [-0.3, -0.25) is 4.79 Å². The highest BCUT2D eigenvalue weighted by molar-refractivity contribution is 5.82. The lowest BCUT2D eigenvalue weighted by molar-refractivity contribution is -0.154. The number of aliphatic hydroxyl groups excluding tert-OH is 1. The molecule has 2 fully saturated rings. The Hall–Kier alpha value is -1.35. The lowest BCUT2D eigenvalue weighted by Crippen LogP contribution is -2.53. The van der Waals surface area contributed by atoms with Crippen LogP contribution in [0.5, 0.6) is 0 Å².